The number of nitrogens with one attached hydrogen (secondary N) is 1. The van der Waals surface area contributed by atoms with Gasteiger partial charge in [0.1, 0.15) is 11.8 Å². The number of aromatic nitrogens is 2. The molecule has 0 radical (unpaired) electrons. The summed E-state index contributed by atoms with van der Waals surface area (Å²) in [4.78, 5) is 13.0. The largest absolute Gasteiger partial charge is 0.495 e. The molecule has 0 saturated heterocycles. The minimum Gasteiger partial charge on any atom is -0.495 e. The monoisotopic (exact) mass is 478 g/mol. The van der Waals surface area contributed by atoms with Crippen molar-refractivity contribution in [1.29, 1.82) is 0 Å². The smallest absolute Gasteiger partial charge is 0.250 e. The molecule has 0 fully saturated rings. The maximum atomic E-state index is 13.0. The van der Waals surface area contributed by atoms with E-state index >= 15 is 0 Å². The van der Waals surface area contributed by atoms with Crippen molar-refractivity contribution in [2.24, 2.45) is 0 Å². The number of ether oxygens (including phenoxy) is 1. The number of anilines is 2. The second kappa shape index (κ2) is 10.5. The van der Waals surface area contributed by atoms with Crippen LogP contribution in [0.2, 0.25) is 5.02 Å². The maximum absolute atomic E-state index is 13.0. The number of amides is 1. The average Bonchev–Trinajstić information content (AvgIpc) is 3.10. The van der Waals surface area contributed by atoms with Crippen LogP contribution >= 0.6 is 34.7 Å². The Labute approximate surface area is 184 Å². The van der Waals surface area contributed by atoms with Crippen LogP contribution in [-0.4, -0.2) is 49.7 Å². The molecule has 0 spiro atoms. The number of thioether (sulfide) groups is 1. The molecule has 8 nitrogen and oxygen atoms in total. The number of hydrogen-bond donors (Lipinski definition) is 1. The summed E-state index contributed by atoms with van der Waals surface area (Å²) in [5.41, 5.74) is 0.195. The van der Waals surface area contributed by atoms with E-state index in [0.29, 0.717) is 15.9 Å². The molecule has 0 saturated carbocycles. The van der Waals surface area contributed by atoms with Crippen molar-refractivity contribution in [3.63, 3.8) is 0 Å². The normalized spacial score (nSPS) is 12.4. The zero-order chi connectivity index (χ0) is 21.6. The number of carbonyl (C=O) groups excluding carboxylic acids is 1. The summed E-state index contributed by atoms with van der Waals surface area (Å²) >= 11 is 8.87. The van der Waals surface area contributed by atoms with Crippen molar-refractivity contribution in [1.82, 2.24) is 10.2 Å². The van der Waals surface area contributed by atoms with Gasteiger partial charge < -0.3 is 4.74 Å². The third kappa shape index (κ3) is 6.21. The van der Waals surface area contributed by atoms with Gasteiger partial charge in [-0.05, 0) is 31.0 Å². The Balaban J connectivity index is 2.35. The van der Waals surface area contributed by atoms with Crippen LogP contribution in [0.3, 0.4) is 0 Å². The molecule has 0 bridgehead atoms. The SMILES string of the molecule is CCCSc1nnc(NC(=O)[C@@H](CC)N(c2cc(Cl)ccc2OC)S(C)(=O)=O)s1. The standard InChI is InChI=1S/C17H23ClN4O4S3/c1-5-9-27-17-21-20-16(28-17)19-15(23)12(6-2)22(29(4,24)25)13-10-11(18)7-8-14(13)26-3/h7-8,10,12H,5-6,9H2,1-4H3,(H,19,20,23)/t12-/m1/s1. The molecule has 0 aliphatic rings. The fourth-order valence-corrected chi connectivity index (χ4v) is 5.62. The molecule has 0 aliphatic carbocycles. The van der Waals surface area contributed by atoms with E-state index in [2.05, 4.69) is 22.4 Å². The summed E-state index contributed by atoms with van der Waals surface area (Å²) in [6, 6.07) is 3.58. The highest BCUT2D eigenvalue weighted by molar-refractivity contribution is 8.01. The second-order valence-corrected chi connectivity index (χ2v) is 10.6. The van der Waals surface area contributed by atoms with Crippen LogP contribution in [0.5, 0.6) is 5.75 Å². The van der Waals surface area contributed by atoms with Gasteiger partial charge in [0.25, 0.3) is 0 Å². The number of methoxy groups -OCH3 is 1. The van der Waals surface area contributed by atoms with Crippen LogP contribution < -0.4 is 14.4 Å². The molecule has 1 N–H and O–H groups in total. The van der Waals surface area contributed by atoms with Crippen molar-refractivity contribution >= 4 is 61.4 Å². The lowest BCUT2D eigenvalue weighted by Gasteiger charge is -2.30. The Kier molecular flexibility index (Phi) is 8.56. The fraction of sp³-hybridized carbons (Fsp3) is 0.471. The molecular formula is C17H23ClN4O4S3. The minimum atomic E-state index is -3.83. The second-order valence-electron chi connectivity index (χ2n) is 6.01. The van der Waals surface area contributed by atoms with Gasteiger partial charge in [-0.3, -0.25) is 14.4 Å². The molecule has 0 aliphatic heterocycles. The molecule has 1 amide bonds. The van der Waals surface area contributed by atoms with Gasteiger partial charge in [-0.2, -0.15) is 0 Å². The third-order valence-electron chi connectivity index (χ3n) is 3.77. The summed E-state index contributed by atoms with van der Waals surface area (Å²) in [6.07, 6.45) is 2.26. The highest BCUT2D eigenvalue weighted by atomic mass is 35.5. The van der Waals surface area contributed by atoms with E-state index in [1.807, 2.05) is 0 Å². The Hall–Kier alpha value is -1.56. The van der Waals surface area contributed by atoms with Gasteiger partial charge in [0, 0.05) is 10.8 Å². The van der Waals surface area contributed by atoms with Crippen molar-refractivity contribution in [2.45, 2.75) is 37.1 Å². The van der Waals surface area contributed by atoms with E-state index in [1.165, 1.54) is 24.5 Å². The number of benzene rings is 1. The van der Waals surface area contributed by atoms with Crippen LogP contribution in [-0.2, 0) is 14.8 Å². The van der Waals surface area contributed by atoms with Crippen LogP contribution in [0.25, 0.3) is 0 Å². The van der Waals surface area contributed by atoms with Gasteiger partial charge in [-0.1, -0.05) is 48.5 Å². The Morgan fingerprint density at radius 3 is 2.69 bits per heavy atom. The molecule has 1 atom stereocenters. The lowest BCUT2D eigenvalue weighted by Crippen LogP contribution is -2.47. The molecule has 1 heterocycles. The van der Waals surface area contributed by atoms with Crippen LogP contribution in [0.4, 0.5) is 10.8 Å². The van der Waals surface area contributed by atoms with Gasteiger partial charge in [0.15, 0.2) is 4.34 Å². The van der Waals surface area contributed by atoms with Gasteiger partial charge >= 0.3 is 0 Å². The van der Waals surface area contributed by atoms with Crippen LogP contribution in [0, 0.1) is 0 Å². The summed E-state index contributed by atoms with van der Waals surface area (Å²) < 4.78 is 32.3. The van der Waals surface area contributed by atoms with E-state index < -0.39 is 22.0 Å². The van der Waals surface area contributed by atoms with Crippen LogP contribution in [0.15, 0.2) is 22.5 Å². The zero-order valence-corrected chi connectivity index (χ0v) is 19.7. The maximum Gasteiger partial charge on any atom is 0.250 e. The van der Waals surface area contributed by atoms with E-state index in [1.54, 1.807) is 30.8 Å². The summed E-state index contributed by atoms with van der Waals surface area (Å²) in [7, 11) is -2.40. The first-order valence-corrected chi connectivity index (χ1v) is 12.8. The third-order valence-corrected chi connectivity index (χ3v) is 7.35. The van der Waals surface area contributed by atoms with Crippen LogP contribution in [0.1, 0.15) is 26.7 Å². The molecular weight excluding hydrogens is 456 g/mol. The van der Waals surface area contributed by atoms with E-state index in [0.717, 1.165) is 27.1 Å². The first kappa shape index (κ1) is 23.7. The highest BCUT2D eigenvalue weighted by Gasteiger charge is 2.34. The van der Waals surface area contributed by atoms with Crippen molar-refractivity contribution < 1.29 is 17.9 Å². The first-order chi connectivity index (χ1) is 13.7. The fourth-order valence-electron chi connectivity index (χ4n) is 2.57. The average molecular weight is 479 g/mol. The van der Waals surface area contributed by atoms with Gasteiger partial charge in [0.2, 0.25) is 21.1 Å². The molecule has 160 valence electrons. The van der Waals surface area contributed by atoms with Crippen molar-refractivity contribution in [2.75, 3.05) is 28.7 Å². The van der Waals surface area contributed by atoms with E-state index in [9.17, 15) is 13.2 Å². The number of hydrogen-bond acceptors (Lipinski definition) is 8. The topological polar surface area (TPSA) is 101 Å². The molecule has 2 aromatic rings. The predicted molar refractivity (Wildman–Crippen MR) is 119 cm³/mol. The molecule has 0 unspecified atom stereocenters. The van der Waals surface area contributed by atoms with E-state index in [4.69, 9.17) is 16.3 Å². The molecule has 2 rings (SSSR count). The minimum absolute atomic E-state index is 0.195. The number of halogens is 1. The molecule has 29 heavy (non-hydrogen) atoms. The molecule has 1 aromatic heterocycles. The summed E-state index contributed by atoms with van der Waals surface area (Å²) in [6.45, 7) is 3.79. The summed E-state index contributed by atoms with van der Waals surface area (Å²) in [5.74, 6) is 0.680. The van der Waals surface area contributed by atoms with Gasteiger partial charge in [-0.15, -0.1) is 10.2 Å². The van der Waals surface area contributed by atoms with Crippen molar-refractivity contribution in [3.05, 3.63) is 23.2 Å². The number of rotatable bonds is 10. The Morgan fingerprint density at radius 1 is 1.38 bits per heavy atom. The van der Waals surface area contributed by atoms with Crippen molar-refractivity contribution in [3.8, 4) is 5.75 Å². The Bertz CT molecular complexity index is 952. The lowest BCUT2D eigenvalue weighted by molar-refractivity contribution is -0.117. The quantitative estimate of drug-likeness (QED) is 0.408. The number of nitrogens with zero attached hydrogens (tertiary/aromatic N) is 3. The lowest BCUT2D eigenvalue weighted by atomic mass is 10.2. The number of sulfonamides is 1. The van der Waals surface area contributed by atoms with Gasteiger partial charge in [-0.25, -0.2) is 8.42 Å². The highest BCUT2D eigenvalue weighted by Crippen LogP contribution is 2.35. The predicted octanol–water partition coefficient (Wildman–Crippen LogP) is 3.89. The molecule has 12 heteroatoms. The van der Waals surface area contributed by atoms with Gasteiger partial charge in [0.05, 0.1) is 19.1 Å². The zero-order valence-electron chi connectivity index (χ0n) is 16.5. The summed E-state index contributed by atoms with van der Waals surface area (Å²) in [5, 5.41) is 11.3. The Morgan fingerprint density at radius 2 is 2.10 bits per heavy atom. The van der Waals surface area contributed by atoms with E-state index in [-0.39, 0.29) is 12.1 Å². The number of carbonyl (C=O) groups is 1. The molecule has 1 aromatic carbocycles. The first-order valence-electron chi connectivity index (χ1n) is 8.81.